The highest BCUT2D eigenvalue weighted by Crippen LogP contribution is 2.28. The van der Waals surface area contributed by atoms with Crippen LogP contribution in [0.4, 0.5) is 0 Å². The monoisotopic (exact) mass is 321 g/mol. The van der Waals surface area contributed by atoms with E-state index in [1.807, 2.05) is 25.1 Å². The molecule has 3 nitrogen and oxygen atoms in total. The molecule has 0 aliphatic rings. The zero-order chi connectivity index (χ0) is 12.7. The van der Waals surface area contributed by atoms with Gasteiger partial charge >= 0.3 is 0 Å². The lowest BCUT2D eigenvalue weighted by atomic mass is 10.3. The first-order chi connectivity index (χ1) is 8.13. The fourth-order valence-electron chi connectivity index (χ4n) is 1.31. The van der Waals surface area contributed by atoms with E-state index in [0.717, 1.165) is 17.6 Å². The molecule has 0 heterocycles. The Kier molecular flexibility index (Phi) is 6.89. The van der Waals surface area contributed by atoms with Crippen molar-refractivity contribution in [3.05, 3.63) is 27.7 Å². The first-order valence-corrected chi connectivity index (χ1v) is 6.62. The van der Waals surface area contributed by atoms with Crippen molar-refractivity contribution in [3.8, 4) is 5.75 Å². The van der Waals surface area contributed by atoms with Crippen LogP contribution in [0.25, 0.3) is 0 Å². The van der Waals surface area contributed by atoms with Crippen molar-refractivity contribution in [2.24, 2.45) is 0 Å². The van der Waals surface area contributed by atoms with Gasteiger partial charge in [-0.2, -0.15) is 0 Å². The highest BCUT2D eigenvalue weighted by Gasteiger charge is 2.07. The van der Waals surface area contributed by atoms with E-state index < -0.39 is 0 Å². The minimum Gasteiger partial charge on any atom is -0.488 e. The van der Waals surface area contributed by atoms with E-state index in [4.69, 9.17) is 21.1 Å². The van der Waals surface area contributed by atoms with Crippen LogP contribution >= 0.6 is 27.5 Å². The lowest BCUT2D eigenvalue weighted by Gasteiger charge is -2.16. The molecule has 0 radical (unpaired) electrons. The first kappa shape index (κ1) is 14.8. The van der Waals surface area contributed by atoms with E-state index in [-0.39, 0.29) is 6.10 Å². The zero-order valence-electron chi connectivity index (χ0n) is 10.0. The van der Waals surface area contributed by atoms with Crippen molar-refractivity contribution in [1.82, 2.24) is 5.32 Å². The third-order valence-electron chi connectivity index (χ3n) is 2.14. The number of ether oxygens (including phenoxy) is 2. The second-order valence-electron chi connectivity index (χ2n) is 3.70. The molecule has 0 bridgehead atoms. The summed E-state index contributed by atoms with van der Waals surface area (Å²) in [7, 11) is 1.68. The van der Waals surface area contributed by atoms with Crippen LogP contribution in [0.3, 0.4) is 0 Å². The molecule has 0 saturated heterocycles. The van der Waals surface area contributed by atoms with E-state index in [1.165, 1.54) is 0 Å². The number of hydrogen-bond donors (Lipinski definition) is 1. The fraction of sp³-hybridized carbons (Fsp3) is 0.500. The number of rotatable bonds is 7. The summed E-state index contributed by atoms with van der Waals surface area (Å²) in [5.74, 6) is 0.705. The van der Waals surface area contributed by atoms with Gasteiger partial charge in [0.1, 0.15) is 11.9 Å². The van der Waals surface area contributed by atoms with Gasteiger partial charge in [-0.15, -0.1) is 0 Å². The van der Waals surface area contributed by atoms with Crippen molar-refractivity contribution < 1.29 is 9.47 Å². The van der Waals surface area contributed by atoms with Gasteiger partial charge in [0.15, 0.2) is 0 Å². The van der Waals surface area contributed by atoms with Crippen molar-refractivity contribution in [2.45, 2.75) is 13.0 Å². The predicted molar refractivity (Wildman–Crippen MR) is 74.0 cm³/mol. The molecule has 1 unspecified atom stereocenters. The molecule has 5 heteroatoms. The van der Waals surface area contributed by atoms with Gasteiger partial charge in [-0.3, -0.25) is 0 Å². The summed E-state index contributed by atoms with van der Waals surface area (Å²) in [6.45, 7) is 4.28. The molecule has 0 aliphatic carbocycles. The second-order valence-corrected chi connectivity index (χ2v) is 5.02. The Balaban J connectivity index is 2.37. The highest BCUT2D eigenvalue weighted by molar-refractivity contribution is 9.10. The number of halogens is 2. The largest absolute Gasteiger partial charge is 0.488 e. The lowest BCUT2D eigenvalue weighted by molar-refractivity contribution is 0.184. The number of methoxy groups -OCH3 is 1. The summed E-state index contributed by atoms with van der Waals surface area (Å²) in [4.78, 5) is 0. The summed E-state index contributed by atoms with van der Waals surface area (Å²) < 4.78 is 11.6. The predicted octanol–water partition coefficient (Wildman–Crippen LogP) is 3.11. The number of hydrogen-bond acceptors (Lipinski definition) is 3. The van der Waals surface area contributed by atoms with E-state index in [2.05, 4.69) is 21.2 Å². The Bertz CT molecular complexity index is 349. The van der Waals surface area contributed by atoms with Crippen LogP contribution in [0.2, 0.25) is 5.02 Å². The number of nitrogens with one attached hydrogen (secondary N) is 1. The molecular formula is C12H17BrClNO2. The van der Waals surface area contributed by atoms with E-state index >= 15 is 0 Å². The summed E-state index contributed by atoms with van der Waals surface area (Å²) >= 11 is 9.42. The average molecular weight is 323 g/mol. The Morgan fingerprint density at radius 3 is 2.88 bits per heavy atom. The molecule has 0 aliphatic heterocycles. The SMILES string of the molecule is COCCNCC(C)Oc1ccc(Br)cc1Cl. The van der Waals surface area contributed by atoms with Crippen LogP contribution in [0.15, 0.2) is 22.7 Å². The zero-order valence-corrected chi connectivity index (χ0v) is 12.3. The summed E-state index contributed by atoms with van der Waals surface area (Å²) in [6.07, 6.45) is 0.0607. The maximum Gasteiger partial charge on any atom is 0.138 e. The van der Waals surface area contributed by atoms with Crippen LogP contribution in [0, 0.1) is 0 Å². The van der Waals surface area contributed by atoms with Gasteiger partial charge in [0.25, 0.3) is 0 Å². The molecule has 0 amide bonds. The minimum atomic E-state index is 0.0607. The Hall–Kier alpha value is -0.290. The molecule has 0 aromatic heterocycles. The van der Waals surface area contributed by atoms with Crippen LogP contribution in [0.1, 0.15) is 6.92 Å². The van der Waals surface area contributed by atoms with Crippen molar-refractivity contribution >= 4 is 27.5 Å². The lowest BCUT2D eigenvalue weighted by Crippen LogP contribution is -2.31. The van der Waals surface area contributed by atoms with Gasteiger partial charge < -0.3 is 14.8 Å². The molecule has 0 fully saturated rings. The van der Waals surface area contributed by atoms with Crippen LogP contribution < -0.4 is 10.1 Å². The molecule has 1 rings (SSSR count). The third kappa shape index (κ3) is 5.73. The number of benzene rings is 1. The van der Waals surface area contributed by atoms with Gasteiger partial charge in [-0.1, -0.05) is 27.5 Å². The average Bonchev–Trinajstić information content (AvgIpc) is 2.28. The topological polar surface area (TPSA) is 30.5 Å². The second kappa shape index (κ2) is 7.93. The molecule has 1 aromatic carbocycles. The fourth-order valence-corrected chi connectivity index (χ4v) is 2.03. The quantitative estimate of drug-likeness (QED) is 0.783. The van der Waals surface area contributed by atoms with E-state index in [9.17, 15) is 0 Å². The smallest absolute Gasteiger partial charge is 0.138 e. The van der Waals surface area contributed by atoms with Crippen LogP contribution in [-0.2, 0) is 4.74 Å². The van der Waals surface area contributed by atoms with Gasteiger partial charge in [-0.05, 0) is 25.1 Å². The Morgan fingerprint density at radius 1 is 1.47 bits per heavy atom. The molecule has 1 N–H and O–H groups in total. The normalized spacial score (nSPS) is 12.5. The Labute approximate surface area is 116 Å². The van der Waals surface area contributed by atoms with Crippen molar-refractivity contribution in [2.75, 3.05) is 26.8 Å². The summed E-state index contributed by atoms with van der Waals surface area (Å²) in [6, 6.07) is 5.59. The third-order valence-corrected chi connectivity index (χ3v) is 2.93. The molecular weight excluding hydrogens is 305 g/mol. The van der Waals surface area contributed by atoms with Gasteiger partial charge in [0, 0.05) is 24.7 Å². The molecule has 0 saturated carbocycles. The Morgan fingerprint density at radius 2 is 2.24 bits per heavy atom. The van der Waals surface area contributed by atoms with E-state index in [1.54, 1.807) is 7.11 Å². The van der Waals surface area contributed by atoms with Gasteiger partial charge in [0.05, 0.1) is 11.6 Å². The minimum absolute atomic E-state index is 0.0607. The summed E-state index contributed by atoms with van der Waals surface area (Å²) in [5, 5.41) is 3.85. The first-order valence-electron chi connectivity index (χ1n) is 5.45. The summed E-state index contributed by atoms with van der Waals surface area (Å²) in [5.41, 5.74) is 0. The van der Waals surface area contributed by atoms with Crippen molar-refractivity contribution in [3.63, 3.8) is 0 Å². The van der Waals surface area contributed by atoms with Crippen LogP contribution in [-0.4, -0.2) is 32.9 Å². The van der Waals surface area contributed by atoms with Gasteiger partial charge in [0.2, 0.25) is 0 Å². The maximum atomic E-state index is 6.06. The van der Waals surface area contributed by atoms with Crippen LogP contribution in [0.5, 0.6) is 5.75 Å². The molecule has 1 atom stereocenters. The molecule has 96 valence electrons. The van der Waals surface area contributed by atoms with Gasteiger partial charge in [-0.25, -0.2) is 0 Å². The highest BCUT2D eigenvalue weighted by atomic mass is 79.9. The molecule has 1 aromatic rings. The molecule has 17 heavy (non-hydrogen) atoms. The maximum absolute atomic E-state index is 6.06. The van der Waals surface area contributed by atoms with Crippen molar-refractivity contribution in [1.29, 1.82) is 0 Å². The van der Waals surface area contributed by atoms with E-state index in [0.29, 0.717) is 17.4 Å². The molecule has 0 spiro atoms. The standard InChI is InChI=1S/C12H17BrClNO2/c1-9(8-15-5-6-16-2)17-12-4-3-10(13)7-11(12)14/h3-4,7,9,15H,5-6,8H2,1-2H3.